The maximum Gasteiger partial charge on any atom is 0.471 e. The van der Waals surface area contributed by atoms with E-state index in [0.29, 0.717) is 22.9 Å². The Hall–Kier alpha value is -4.40. The number of piperazine rings is 1. The molecule has 9 nitrogen and oxygen atoms in total. The van der Waals surface area contributed by atoms with Crippen LogP contribution in [0.1, 0.15) is 65.9 Å². The minimum atomic E-state index is -5.02. The van der Waals surface area contributed by atoms with E-state index >= 15 is 4.39 Å². The normalized spacial score (nSPS) is 21.8. The number of phenolic OH excluding ortho intramolecular Hbond substituents is 1. The Bertz CT molecular complexity index is 2010. The molecule has 52 heavy (non-hydrogen) atoms. The fraction of sp³-hybridized carbons (Fsp3) is 0.514. The molecule has 0 radical (unpaired) electrons. The second kappa shape index (κ2) is 15.3. The van der Waals surface area contributed by atoms with Crippen LogP contribution in [0.25, 0.3) is 32.9 Å². The van der Waals surface area contributed by atoms with Crippen molar-refractivity contribution >= 4 is 33.4 Å². The minimum Gasteiger partial charge on any atom is -0.508 e. The number of carbonyl (C=O) groups excluding carboxylic acids is 1. The molecule has 3 aliphatic rings. The van der Waals surface area contributed by atoms with E-state index in [0.717, 1.165) is 17.9 Å². The van der Waals surface area contributed by atoms with Crippen LogP contribution in [0.3, 0.4) is 0 Å². The summed E-state index contributed by atoms with van der Waals surface area (Å²) < 4.78 is 82.9. The average molecular weight is 735 g/mol. The van der Waals surface area contributed by atoms with E-state index in [-0.39, 0.29) is 71.7 Å². The predicted octanol–water partition coefficient (Wildman–Crippen LogP) is 7.28. The van der Waals surface area contributed by atoms with Gasteiger partial charge in [0.05, 0.1) is 10.9 Å². The SMILES string of the molecule is CC.CCc1c(F)ccc2cc(O)cc(-c3ncc4c(N5CCN(C(=O)C(F)(F)F)C(CC)C5)nc(=O)[nH]c4c3F)c12.C[C@@]12CCCN1CC(F)C2. The van der Waals surface area contributed by atoms with Crippen LogP contribution in [-0.2, 0) is 11.2 Å². The number of H-pyrrole nitrogens is 1. The molecule has 0 spiro atoms. The summed E-state index contributed by atoms with van der Waals surface area (Å²) in [5.41, 5.74) is -0.743. The number of aromatic hydroxyl groups is 1. The van der Waals surface area contributed by atoms with Crippen molar-refractivity contribution in [2.24, 2.45) is 0 Å². The number of fused-ring (bicyclic) bond motifs is 3. The highest BCUT2D eigenvalue weighted by Crippen LogP contribution is 2.40. The van der Waals surface area contributed by atoms with Crippen molar-refractivity contribution in [3.8, 4) is 17.0 Å². The van der Waals surface area contributed by atoms with Crippen LogP contribution < -0.4 is 10.6 Å². The number of alkyl halides is 4. The zero-order chi connectivity index (χ0) is 38.1. The summed E-state index contributed by atoms with van der Waals surface area (Å²) in [4.78, 5) is 39.6. The fourth-order valence-electron chi connectivity index (χ4n) is 7.76. The van der Waals surface area contributed by atoms with E-state index in [1.807, 2.05) is 13.8 Å². The lowest BCUT2D eigenvalue weighted by atomic mass is 9.94. The summed E-state index contributed by atoms with van der Waals surface area (Å²) >= 11 is 0. The number of hydrogen-bond donors (Lipinski definition) is 2. The predicted molar refractivity (Wildman–Crippen MR) is 188 cm³/mol. The van der Waals surface area contributed by atoms with Gasteiger partial charge in [-0.2, -0.15) is 18.2 Å². The third kappa shape index (κ3) is 7.42. The van der Waals surface area contributed by atoms with Crippen LogP contribution in [0.5, 0.6) is 5.75 Å². The Labute approximate surface area is 297 Å². The highest BCUT2D eigenvalue weighted by atomic mass is 19.4. The second-order valence-electron chi connectivity index (χ2n) is 13.4. The molecule has 4 aromatic rings. The topological polar surface area (TPSA) is 106 Å². The number of carbonyl (C=O) groups is 1. The number of rotatable bonds is 4. The number of pyridine rings is 1. The number of aryl methyl sites for hydroxylation is 1. The first kappa shape index (κ1) is 38.8. The molecule has 0 bridgehead atoms. The monoisotopic (exact) mass is 734 g/mol. The van der Waals surface area contributed by atoms with Crippen molar-refractivity contribution in [1.29, 1.82) is 0 Å². The van der Waals surface area contributed by atoms with Crippen molar-refractivity contribution in [1.82, 2.24) is 24.8 Å². The Balaban J connectivity index is 0.000000369. The van der Waals surface area contributed by atoms with Gasteiger partial charge in [0.2, 0.25) is 0 Å². The number of benzene rings is 2. The number of aromatic nitrogens is 3. The number of nitrogens with zero attached hydrogens (tertiary/aromatic N) is 5. The average Bonchev–Trinajstić information content (AvgIpc) is 3.60. The van der Waals surface area contributed by atoms with E-state index in [1.165, 1.54) is 48.2 Å². The number of nitrogens with one attached hydrogen (secondary N) is 1. The van der Waals surface area contributed by atoms with Crippen molar-refractivity contribution in [3.63, 3.8) is 0 Å². The Kier molecular flexibility index (Phi) is 11.4. The second-order valence-corrected chi connectivity index (χ2v) is 13.4. The molecule has 3 aliphatic heterocycles. The molecule has 1 amide bonds. The van der Waals surface area contributed by atoms with Crippen molar-refractivity contribution in [2.75, 3.05) is 37.6 Å². The summed E-state index contributed by atoms with van der Waals surface area (Å²) in [5.74, 6) is -3.58. The first-order chi connectivity index (χ1) is 24.6. The van der Waals surface area contributed by atoms with E-state index in [9.17, 15) is 36.6 Å². The molecule has 2 N–H and O–H groups in total. The standard InChI is InChI=1S/C27H24F5N5O3.C8H14FN.C2H6/c1-3-14-12-36(7-8-37(14)25(39)27(30,31)32)24-18-11-33-22(21(29)23(18)34-26(40)35-24)17-10-15(38)9-13-5-6-19(28)16(4-2)20(13)17;1-8-3-2-4-10(8)6-7(9)5-8;1-2/h5-6,9-11,14,38H,3-4,7-8,12H2,1-2H3,(H,34,35,40);7H,2-6H2,1H3;1-2H3/t;7?,8-;/m.0./s1. The van der Waals surface area contributed by atoms with Crippen LogP contribution in [0, 0.1) is 11.6 Å². The highest BCUT2D eigenvalue weighted by molar-refractivity contribution is 6.01. The molecular formula is C37H44F6N6O3. The van der Waals surface area contributed by atoms with Gasteiger partial charge >= 0.3 is 17.8 Å². The smallest absolute Gasteiger partial charge is 0.471 e. The van der Waals surface area contributed by atoms with Crippen LogP contribution in [0.2, 0.25) is 0 Å². The van der Waals surface area contributed by atoms with Gasteiger partial charge < -0.3 is 19.9 Å². The van der Waals surface area contributed by atoms with Gasteiger partial charge in [0.1, 0.15) is 29.3 Å². The zero-order valence-electron chi connectivity index (χ0n) is 29.9. The molecule has 282 valence electrons. The molecule has 2 aromatic heterocycles. The number of aromatic amines is 1. The Morgan fingerprint density at radius 1 is 1.10 bits per heavy atom. The van der Waals surface area contributed by atoms with Gasteiger partial charge in [-0.15, -0.1) is 0 Å². The maximum atomic E-state index is 16.1. The first-order valence-electron chi connectivity index (χ1n) is 17.7. The zero-order valence-corrected chi connectivity index (χ0v) is 29.9. The summed E-state index contributed by atoms with van der Waals surface area (Å²) in [5, 5.41) is 11.2. The van der Waals surface area contributed by atoms with Crippen LogP contribution in [0.15, 0.2) is 35.3 Å². The van der Waals surface area contributed by atoms with Crippen LogP contribution in [-0.4, -0.2) is 92.4 Å². The van der Waals surface area contributed by atoms with Crippen molar-refractivity contribution < 1.29 is 36.2 Å². The number of anilines is 1. The summed E-state index contributed by atoms with van der Waals surface area (Å²) in [6.45, 7) is 11.0. The number of hydrogen-bond acceptors (Lipinski definition) is 7. The van der Waals surface area contributed by atoms with E-state index < -0.39 is 41.6 Å². The number of amides is 1. The third-order valence-electron chi connectivity index (χ3n) is 10.2. The van der Waals surface area contributed by atoms with Gasteiger partial charge in [-0.05, 0) is 80.1 Å². The van der Waals surface area contributed by atoms with E-state index in [1.54, 1.807) is 13.8 Å². The molecular weight excluding hydrogens is 690 g/mol. The van der Waals surface area contributed by atoms with Gasteiger partial charge in [-0.3, -0.25) is 14.7 Å². The minimum absolute atomic E-state index is 0.00955. The largest absolute Gasteiger partial charge is 0.508 e. The number of halogens is 6. The molecule has 7 rings (SSSR count). The summed E-state index contributed by atoms with van der Waals surface area (Å²) in [7, 11) is 0. The highest BCUT2D eigenvalue weighted by Gasteiger charge is 2.46. The first-order valence-corrected chi connectivity index (χ1v) is 17.7. The Morgan fingerprint density at radius 3 is 2.48 bits per heavy atom. The van der Waals surface area contributed by atoms with Gasteiger partial charge in [0.15, 0.2) is 5.82 Å². The van der Waals surface area contributed by atoms with Crippen LogP contribution in [0.4, 0.5) is 32.2 Å². The third-order valence-corrected chi connectivity index (χ3v) is 10.2. The van der Waals surface area contributed by atoms with E-state index in [2.05, 4.69) is 26.8 Å². The van der Waals surface area contributed by atoms with Gasteiger partial charge in [0.25, 0.3) is 0 Å². The van der Waals surface area contributed by atoms with Gasteiger partial charge in [0, 0.05) is 49.5 Å². The molecule has 3 atom stereocenters. The fourth-order valence-corrected chi connectivity index (χ4v) is 7.76. The molecule has 3 fully saturated rings. The number of phenols is 1. The Morgan fingerprint density at radius 2 is 1.83 bits per heavy atom. The lowest BCUT2D eigenvalue weighted by Crippen LogP contribution is -2.58. The van der Waals surface area contributed by atoms with E-state index in [4.69, 9.17) is 0 Å². The molecule has 2 unspecified atom stereocenters. The lowest BCUT2D eigenvalue weighted by molar-refractivity contribution is -0.188. The summed E-state index contributed by atoms with van der Waals surface area (Å²) in [6.07, 6.45) is -0.584. The van der Waals surface area contributed by atoms with Crippen LogP contribution >= 0.6 is 0 Å². The molecule has 0 saturated carbocycles. The molecule has 15 heteroatoms. The molecule has 0 aliphatic carbocycles. The van der Waals surface area contributed by atoms with Crippen molar-refractivity contribution in [3.05, 3.63) is 58.1 Å². The lowest BCUT2D eigenvalue weighted by Gasteiger charge is -2.41. The molecule has 2 aromatic carbocycles. The van der Waals surface area contributed by atoms with Gasteiger partial charge in [-0.1, -0.05) is 33.8 Å². The van der Waals surface area contributed by atoms with Crippen molar-refractivity contribution in [2.45, 2.75) is 90.7 Å². The molecule has 3 saturated heterocycles. The molecule has 5 heterocycles. The summed E-state index contributed by atoms with van der Waals surface area (Å²) in [6, 6.07) is 4.59. The quantitative estimate of drug-likeness (QED) is 0.213. The van der Waals surface area contributed by atoms with Gasteiger partial charge in [-0.25, -0.2) is 18.0 Å². The maximum absolute atomic E-state index is 16.1.